The van der Waals surface area contributed by atoms with Crippen LogP contribution in [-0.2, 0) is 16.4 Å². The molecule has 5 heteroatoms. The van der Waals surface area contributed by atoms with E-state index in [2.05, 4.69) is 77.8 Å². The van der Waals surface area contributed by atoms with Crippen LogP contribution in [0.25, 0.3) is 0 Å². The van der Waals surface area contributed by atoms with Crippen LogP contribution in [0.1, 0.15) is 65.5 Å². The molecule has 2 heterocycles. The minimum absolute atomic E-state index is 0.0679. The van der Waals surface area contributed by atoms with E-state index in [1.807, 2.05) is 0 Å². The van der Waals surface area contributed by atoms with Gasteiger partial charge in [0.2, 0.25) is 8.32 Å². The summed E-state index contributed by atoms with van der Waals surface area (Å²) in [5.74, 6) is 1.82. The van der Waals surface area contributed by atoms with Crippen LogP contribution in [0.2, 0.25) is 16.6 Å². The van der Waals surface area contributed by atoms with Crippen LogP contribution < -0.4 is 9.47 Å². The predicted molar refractivity (Wildman–Crippen MR) is 130 cm³/mol. The van der Waals surface area contributed by atoms with Crippen LogP contribution in [0.3, 0.4) is 0 Å². The van der Waals surface area contributed by atoms with Gasteiger partial charge in [-0.1, -0.05) is 59.8 Å². The summed E-state index contributed by atoms with van der Waals surface area (Å²) in [4.78, 5) is 2.43. The Bertz CT molecular complexity index is 828. The molecule has 1 aromatic carbocycles. The molecule has 0 saturated carbocycles. The summed E-state index contributed by atoms with van der Waals surface area (Å²) in [6.07, 6.45) is 7.04. The normalized spacial score (nSPS) is 28.0. The van der Waals surface area contributed by atoms with Crippen molar-refractivity contribution in [1.29, 1.82) is 0 Å². The molecule has 1 aromatic rings. The van der Waals surface area contributed by atoms with Gasteiger partial charge in [0.05, 0.1) is 18.6 Å². The number of hydrogen-bond donors (Lipinski definition) is 0. The lowest BCUT2D eigenvalue weighted by atomic mass is 9.69. The molecule has 1 spiro atoms. The summed E-state index contributed by atoms with van der Waals surface area (Å²) >= 11 is 0. The number of methoxy groups -OCH3 is 1. The third-order valence-corrected chi connectivity index (χ3v) is 14.3. The zero-order valence-electron chi connectivity index (χ0n) is 20.7. The van der Waals surface area contributed by atoms with Gasteiger partial charge in [-0.25, -0.2) is 0 Å². The molecule has 0 saturated heterocycles. The Labute approximate surface area is 190 Å². The molecule has 0 radical (unpaired) electrons. The van der Waals surface area contributed by atoms with Crippen molar-refractivity contribution >= 4 is 8.32 Å². The van der Waals surface area contributed by atoms with E-state index in [9.17, 15) is 0 Å². The predicted octanol–water partition coefficient (Wildman–Crippen LogP) is 6.05. The second-order valence-electron chi connectivity index (χ2n) is 10.8. The van der Waals surface area contributed by atoms with Gasteiger partial charge >= 0.3 is 0 Å². The Kier molecular flexibility index (Phi) is 6.08. The fourth-order valence-electron chi connectivity index (χ4n) is 6.82. The van der Waals surface area contributed by atoms with E-state index < -0.39 is 8.32 Å². The van der Waals surface area contributed by atoms with Gasteiger partial charge in [0.1, 0.15) is 6.10 Å². The highest BCUT2D eigenvalue weighted by molar-refractivity contribution is 6.77. The van der Waals surface area contributed by atoms with E-state index in [4.69, 9.17) is 13.9 Å². The standard InChI is InChI=1S/C26H41NO3Si/c1-17(2)31(18(3)4,19(5)6)30-21-11-12-26-13-14-27(7)16-20-9-10-22(28-8)25(24(20)26)29-23(26)15-21/h9-12,17-19,21,23H,13-16H2,1-8H3/t21-,23-,26-/m0/s1. The first-order chi connectivity index (χ1) is 14.7. The fourth-order valence-corrected chi connectivity index (χ4v) is 12.3. The van der Waals surface area contributed by atoms with E-state index in [1.54, 1.807) is 7.11 Å². The van der Waals surface area contributed by atoms with Crippen molar-refractivity contribution in [2.24, 2.45) is 0 Å². The summed E-state index contributed by atoms with van der Waals surface area (Å²) in [7, 11) is 2.01. The largest absolute Gasteiger partial charge is 0.493 e. The van der Waals surface area contributed by atoms with Gasteiger partial charge in [0, 0.05) is 18.5 Å². The molecular weight excluding hydrogens is 402 g/mol. The Morgan fingerprint density at radius 3 is 2.39 bits per heavy atom. The molecule has 0 N–H and O–H groups in total. The van der Waals surface area contributed by atoms with Gasteiger partial charge in [-0.15, -0.1) is 0 Å². The van der Waals surface area contributed by atoms with E-state index in [-0.39, 0.29) is 17.6 Å². The summed E-state index contributed by atoms with van der Waals surface area (Å²) in [5.41, 5.74) is 4.40. The second kappa shape index (κ2) is 8.24. The first kappa shape index (κ1) is 22.9. The summed E-state index contributed by atoms with van der Waals surface area (Å²) in [6.45, 7) is 16.2. The molecule has 0 fully saturated rings. The maximum atomic E-state index is 7.15. The lowest BCUT2D eigenvalue weighted by Gasteiger charge is -2.46. The first-order valence-corrected chi connectivity index (χ1v) is 14.2. The highest BCUT2D eigenvalue weighted by Crippen LogP contribution is 2.56. The third-order valence-electron chi connectivity index (χ3n) is 8.19. The average Bonchev–Trinajstić information content (AvgIpc) is 2.97. The minimum atomic E-state index is -1.95. The van der Waals surface area contributed by atoms with Crippen LogP contribution in [0, 0.1) is 0 Å². The summed E-state index contributed by atoms with van der Waals surface area (Å²) in [6, 6.07) is 4.31. The van der Waals surface area contributed by atoms with Crippen LogP contribution in [0.15, 0.2) is 24.3 Å². The van der Waals surface area contributed by atoms with Gasteiger partial charge in [0.15, 0.2) is 11.5 Å². The van der Waals surface area contributed by atoms with Crippen molar-refractivity contribution in [2.75, 3.05) is 20.7 Å². The monoisotopic (exact) mass is 443 g/mol. The fraction of sp³-hybridized carbons (Fsp3) is 0.692. The molecule has 0 bridgehead atoms. The van der Waals surface area contributed by atoms with Gasteiger partial charge in [0.25, 0.3) is 0 Å². The molecule has 0 unspecified atom stereocenters. The number of benzene rings is 1. The van der Waals surface area contributed by atoms with Gasteiger partial charge in [-0.3, -0.25) is 0 Å². The van der Waals surface area contributed by atoms with Gasteiger partial charge in [-0.2, -0.15) is 0 Å². The Morgan fingerprint density at radius 2 is 1.77 bits per heavy atom. The number of rotatable bonds is 6. The molecule has 172 valence electrons. The van der Waals surface area contributed by atoms with Crippen molar-refractivity contribution in [3.63, 3.8) is 0 Å². The lowest BCUT2D eigenvalue weighted by molar-refractivity contribution is 0.0841. The third kappa shape index (κ3) is 3.48. The zero-order valence-corrected chi connectivity index (χ0v) is 21.7. The second-order valence-corrected chi connectivity index (χ2v) is 16.2. The topological polar surface area (TPSA) is 30.9 Å². The van der Waals surface area contributed by atoms with Gasteiger partial charge in [-0.05, 0) is 48.3 Å². The molecule has 4 rings (SSSR count). The number of ether oxygens (including phenoxy) is 2. The minimum Gasteiger partial charge on any atom is -0.493 e. The van der Waals surface area contributed by atoms with Crippen LogP contribution in [0.5, 0.6) is 11.5 Å². The Balaban J connectivity index is 1.72. The molecule has 4 nitrogen and oxygen atoms in total. The van der Waals surface area contributed by atoms with Crippen LogP contribution in [0.4, 0.5) is 0 Å². The molecule has 3 atom stereocenters. The highest BCUT2D eigenvalue weighted by Gasteiger charge is 2.54. The van der Waals surface area contributed by atoms with Crippen molar-refractivity contribution in [3.05, 3.63) is 35.4 Å². The summed E-state index contributed by atoms with van der Waals surface area (Å²) in [5, 5.41) is 0. The summed E-state index contributed by atoms with van der Waals surface area (Å²) < 4.78 is 19.6. The zero-order chi connectivity index (χ0) is 22.6. The maximum Gasteiger partial charge on any atom is 0.201 e. The van der Waals surface area contributed by atoms with Crippen molar-refractivity contribution < 1.29 is 13.9 Å². The van der Waals surface area contributed by atoms with Crippen molar-refractivity contribution in [2.45, 2.75) is 95.2 Å². The lowest BCUT2D eigenvalue weighted by Crippen LogP contribution is -2.52. The molecule has 31 heavy (non-hydrogen) atoms. The molecule has 1 aliphatic carbocycles. The molecule has 3 aliphatic rings. The Morgan fingerprint density at radius 1 is 1.10 bits per heavy atom. The highest BCUT2D eigenvalue weighted by atomic mass is 28.4. The first-order valence-electron chi connectivity index (χ1n) is 12.1. The van der Waals surface area contributed by atoms with Crippen LogP contribution in [-0.4, -0.2) is 46.1 Å². The van der Waals surface area contributed by atoms with Gasteiger partial charge < -0.3 is 18.8 Å². The average molecular weight is 444 g/mol. The van der Waals surface area contributed by atoms with Crippen molar-refractivity contribution in [1.82, 2.24) is 4.90 Å². The molecule has 0 amide bonds. The van der Waals surface area contributed by atoms with E-state index in [0.29, 0.717) is 16.6 Å². The quantitative estimate of drug-likeness (QED) is 0.395. The van der Waals surface area contributed by atoms with E-state index in [1.165, 1.54) is 11.1 Å². The molecular formula is C26H41NO3Si. The Hall–Kier alpha value is -1.30. The SMILES string of the molecule is COc1ccc2c3c1O[C@H]1C[C@@H](O[Si](C(C)C)(C(C)C)C(C)C)C=C[C@@]31CCN(C)C2. The molecule has 2 aliphatic heterocycles. The van der Waals surface area contributed by atoms with E-state index in [0.717, 1.165) is 37.4 Å². The van der Waals surface area contributed by atoms with E-state index >= 15 is 0 Å². The van der Waals surface area contributed by atoms with Crippen molar-refractivity contribution in [3.8, 4) is 11.5 Å². The maximum absolute atomic E-state index is 7.15. The smallest absolute Gasteiger partial charge is 0.201 e. The number of nitrogens with zero attached hydrogens (tertiary/aromatic N) is 1. The molecule has 0 aromatic heterocycles. The van der Waals surface area contributed by atoms with Crippen LogP contribution >= 0.6 is 0 Å². The number of hydrogen-bond acceptors (Lipinski definition) is 4.